The minimum Gasteiger partial charge on any atom is -0.336 e. The Morgan fingerprint density at radius 3 is 2.82 bits per heavy atom. The van der Waals surface area contributed by atoms with Crippen molar-refractivity contribution in [2.45, 2.75) is 18.5 Å². The molecule has 0 radical (unpaired) electrons. The molecule has 17 heavy (non-hydrogen) atoms. The van der Waals surface area contributed by atoms with E-state index >= 15 is 0 Å². The maximum Gasteiger partial charge on any atom is 0.0946 e. The second-order valence-corrected chi connectivity index (χ2v) is 5.08. The summed E-state index contributed by atoms with van der Waals surface area (Å²) in [6.45, 7) is 2.87. The van der Waals surface area contributed by atoms with E-state index in [0.717, 1.165) is 13.1 Å². The van der Waals surface area contributed by atoms with Gasteiger partial charge in [0.05, 0.1) is 18.1 Å². The van der Waals surface area contributed by atoms with E-state index in [-0.39, 0.29) is 0 Å². The first-order valence-electron chi connectivity index (χ1n) is 6.20. The van der Waals surface area contributed by atoms with E-state index < -0.39 is 0 Å². The fourth-order valence-corrected chi connectivity index (χ4v) is 2.62. The maximum atomic E-state index is 5.94. The minimum atomic E-state index is 0.299. The number of nitrogens with two attached hydrogens (primary N) is 1. The number of imidazole rings is 1. The molecule has 2 heterocycles. The van der Waals surface area contributed by atoms with Crippen molar-refractivity contribution in [2.75, 3.05) is 33.7 Å². The van der Waals surface area contributed by atoms with Crippen molar-refractivity contribution in [1.82, 2.24) is 19.4 Å². The quantitative estimate of drug-likeness (QED) is 0.804. The van der Waals surface area contributed by atoms with Gasteiger partial charge >= 0.3 is 0 Å². The number of likely N-dealkylation sites (tertiary alicyclic amines) is 1. The van der Waals surface area contributed by atoms with Crippen LogP contribution in [0.25, 0.3) is 0 Å². The summed E-state index contributed by atoms with van der Waals surface area (Å²) in [5.41, 5.74) is 7.15. The highest BCUT2D eigenvalue weighted by Crippen LogP contribution is 2.25. The Balaban J connectivity index is 2.08. The highest BCUT2D eigenvalue weighted by molar-refractivity contribution is 5.07. The average Bonchev–Trinajstić information content (AvgIpc) is 2.90. The molecule has 0 saturated carbocycles. The Bertz CT molecular complexity index is 360. The summed E-state index contributed by atoms with van der Waals surface area (Å²) >= 11 is 0. The molecule has 1 fully saturated rings. The molecule has 5 heteroatoms. The number of likely N-dealkylation sites (N-methyl/N-ethyl adjacent to an activating group) is 1. The maximum absolute atomic E-state index is 5.94. The van der Waals surface area contributed by atoms with Crippen LogP contribution in [0.4, 0.5) is 0 Å². The summed E-state index contributed by atoms with van der Waals surface area (Å²) in [4.78, 5) is 8.96. The number of hydrogen-bond acceptors (Lipinski definition) is 4. The lowest BCUT2D eigenvalue weighted by molar-refractivity contribution is 0.215. The van der Waals surface area contributed by atoms with Gasteiger partial charge in [0.1, 0.15) is 0 Å². The lowest BCUT2D eigenvalue weighted by Gasteiger charge is -2.27. The third-order valence-corrected chi connectivity index (χ3v) is 3.78. The predicted octanol–water partition coefficient (Wildman–Crippen LogP) is 0.0558. The summed E-state index contributed by atoms with van der Waals surface area (Å²) in [6, 6.07) is 0.949. The number of rotatable bonds is 4. The van der Waals surface area contributed by atoms with E-state index in [9.17, 15) is 0 Å². The topological polar surface area (TPSA) is 50.3 Å². The Labute approximate surface area is 103 Å². The van der Waals surface area contributed by atoms with Crippen molar-refractivity contribution in [2.24, 2.45) is 12.8 Å². The van der Waals surface area contributed by atoms with Crippen molar-refractivity contribution in [3.05, 3.63) is 18.2 Å². The first-order chi connectivity index (χ1) is 8.13. The first kappa shape index (κ1) is 12.5. The molecule has 2 rings (SSSR count). The van der Waals surface area contributed by atoms with Crippen molar-refractivity contribution in [3.63, 3.8) is 0 Å². The standard InChI is InChI=1S/C12H23N5/c1-15(2)10-4-5-17(8-10)11(6-13)12-7-14-9-16(12)3/h7,9-11H,4-6,8,13H2,1-3H3. The summed E-state index contributed by atoms with van der Waals surface area (Å²) < 4.78 is 2.07. The van der Waals surface area contributed by atoms with Crippen LogP contribution in [0.15, 0.2) is 12.5 Å². The van der Waals surface area contributed by atoms with Crippen LogP contribution in [0.3, 0.4) is 0 Å². The molecule has 0 aliphatic carbocycles. The molecule has 96 valence electrons. The van der Waals surface area contributed by atoms with Gasteiger partial charge in [0.15, 0.2) is 0 Å². The van der Waals surface area contributed by atoms with Crippen LogP contribution in [-0.4, -0.2) is 59.1 Å². The van der Waals surface area contributed by atoms with Crippen molar-refractivity contribution >= 4 is 0 Å². The molecular formula is C12H23N5. The number of nitrogens with zero attached hydrogens (tertiary/aromatic N) is 4. The first-order valence-corrected chi connectivity index (χ1v) is 6.20. The fraction of sp³-hybridized carbons (Fsp3) is 0.750. The van der Waals surface area contributed by atoms with Crippen LogP contribution >= 0.6 is 0 Å². The minimum absolute atomic E-state index is 0.299. The largest absolute Gasteiger partial charge is 0.336 e. The van der Waals surface area contributed by atoms with Crippen LogP contribution in [0.2, 0.25) is 0 Å². The summed E-state index contributed by atoms with van der Waals surface area (Å²) in [7, 11) is 6.33. The highest BCUT2D eigenvalue weighted by Gasteiger charge is 2.30. The summed E-state index contributed by atoms with van der Waals surface area (Å²) in [6.07, 6.45) is 5.00. The van der Waals surface area contributed by atoms with E-state index in [1.807, 2.05) is 19.6 Å². The molecule has 1 aliphatic heterocycles. The predicted molar refractivity (Wildman–Crippen MR) is 68.7 cm³/mol. The van der Waals surface area contributed by atoms with Crippen molar-refractivity contribution < 1.29 is 0 Å². The van der Waals surface area contributed by atoms with Gasteiger partial charge in [-0.15, -0.1) is 0 Å². The molecule has 1 saturated heterocycles. The summed E-state index contributed by atoms with van der Waals surface area (Å²) in [5, 5.41) is 0. The Kier molecular flexibility index (Phi) is 3.81. The molecule has 5 nitrogen and oxygen atoms in total. The lowest BCUT2D eigenvalue weighted by Crippen LogP contribution is -2.36. The molecule has 0 aromatic carbocycles. The van der Waals surface area contributed by atoms with Gasteiger partial charge in [-0.3, -0.25) is 4.90 Å². The van der Waals surface area contributed by atoms with Gasteiger partial charge in [0, 0.05) is 38.9 Å². The van der Waals surface area contributed by atoms with E-state index in [0.29, 0.717) is 18.6 Å². The molecule has 1 aliphatic rings. The van der Waals surface area contributed by atoms with Crippen LogP contribution in [0.5, 0.6) is 0 Å². The normalized spacial score (nSPS) is 23.5. The molecule has 2 unspecified atom stereocenters. The van der Waals surface area contributed by atoms with Gasteiger partial charge in [-0.1, -0.05) is 0 Å². The second kappa shape index (κ2) is 5.16. The van der Waals surface area contributed by atoms with Gasteiger partial charge in [-0.2, -0.15) is 0 Å². The zero-order valence-electron chi connectivity index (χ0n) is 11.0. The Hall–Kier alpha value is -0.910. The lowest BCUT2D eigenvalue weighted by atomic mass is 10.2. The molecule has 1 aromatic heterocycles. The van der Waals surface area contributed by atoms with Gasteiger partial charge in [-0.25, -0.2) is 4.98 Å². The van der Waals surface area contributed by atoms with Gasteiger partial charge in [0.25, 0.3) is 0 Å². The molecule has 0 spiro atoms. The van der Waals surface area contributed by atoms with E-state index in [2.05, 4.69) is 33.4 Å². The Morgan fingerprint density at radius 1 is 1.59 bits per heavy atom. The zero-order chi connectivity index (χ0) is 12.4. The van der Waals surface area contributed by atoms with E-state index in [1.165, 1.54) is 12.1 Å². The fourth-order valence-electron chi connectivity index (χ4n) is 2.62. The van der Waals surface area contributed by atoms with Crippen LogP contribution < -0.4 is 5.73 Å². The number of aromatic nitrogens is 2. The van der Waals surface area contributed by atoms with Gasteiger partial charge in [-0.05, 0) is 20.5 Å². The average molecular weight is 237 g/mol. The second-order valence-electron chi connectivity index (χ2n) is 5.08. The van der Waals surface area contributed by atoms with Gasteiger partial charge < -0.3 is 15.2 Å². The Morgan fingerprint density at radius 2 is 2.35 bits per heavy atom. The van der Waals surface area contributed by atoms with Crippen LogP contribution in [-0.2, 0) is 7.05 Å². The molecular weight excluding hydrogens is 214 g/mol. The summed E-state index contributed by atoms with van der Waals surface area (Å²) in [5.74, 6) is 0. The monoisotopic (exact) mass is 237 g/mol. The molecule has 2 N–H and O–H groups in total. The van der Waals surface area contributed by atoms with Crippen LogP contribution in [0.1, 0.15) is 18.2 Å². The van der Waals surface area contributed by atoms with Crippen molar-refractivity contribution in [1.29, 1.82) is 0 Å². The zero-order valence-corrected chi connectivity index (χ0v) is 11.0. The third kappa shape index (κ3) is 2.51. The number of aryl methyl sites for hydroxylation is 1. The third-order valence-electron chi connectivity index (χ3n) is 3.78. The van der Waals surface area contributed by atoms with Crippen molar-refractivity contribution in [3.8, 4) is 0 Å². The number of hydrogen-bond donors (Lipinski definition) is 1. The molecule has 0 amide bonds. The van der Waals surface area contributed by atoms with Gasteiger partial charge in [0.2, 0.25) is 0 Å². The van der Waals surface area contributed by atoms with E-state index in [1.54, 1.807) is 0 Å². The molecule has 0 bridgehead atoms. The smallest absolute Gasteiger partial charge is 0.0946 e. The van der Waals surface area contributed by atoms with Crippen LogP contribution in [0, 0.1) is 0 Å². The molecule has 1 aromatic rings. The highest BCUT2D eigenvalue weighted by atomic mass is 15.3. The van der Waals surface area contributed by atoms with E-state index in [4.69, 9.17) is 5.73 Å². The SMILES string of the molecule is CN(C)C1CCN(C(CN)c2cncn2C)C1. The molecule has 2 atom stereocenters.